The van der Waals surface area contributed by atoms with Crippen LogP contribution in [0.4, 0.5) is 8.78 Å². The summed E-state index contributed by atoms with van der Waals surface area (Å²) in [6, 6.07) is 8.12. The van der Waals surface area contributed by atoms with Crippen LogP contribution in [0.1, 0.15) is 44.4 Å². The lowest BCUT2D eigenvalue weighted by Gasteiger charge is -2.31. The Morgan fingerprint density at radius 1 is 1.22 bits per heavy atom. The van der Waals surface area contributed by atoms with Gasteiger partial charge in [0, 0.05) is 49.6 Å². The molecule has 0 saturated heterocycles. The lowest BCUT2D eigenvalue weighted by molar-refractivity contribution is -0.119. The summed E-state index contributed by atoms with van der Waals surface area (Å²) in [5.41, 5.74) is 7.83. The molecule has 0 bridgehead atoms. The van der Waals surface area contributed by atoms with Crippen LogP contribution >= 0.6 is 0 Å². The molecule has 0 saturated carbocycles. The van der Waals surface area contributed by atoms with Crippen LogP contribution in [0.25, 0.3) is 0 Å². The molecule has 32 heavy (non-hydrogen) atoms. The van der Waals surface area contributed by atoms with Crippen molar-refractivity contribution in [1.29, 1.82) is 0 Å². The van der Waals surface area contributed by atoms with Gasteiger partial charge in [0.2, 0.25) is 5.91 Å². The number of benzene rings is 2. The van der Waals surface area contributed by atoms with E-state index in [-0.39, 0.29) is 24.5 Å². The Morgan fingerprint density at radius 2 is 1.94 bits per heavy atom. The van der Waals surface area contributed by atoms with Crippen LogP contribution in [0.3, 0.4) is 0 Å². The van der Waals surface area contributed by atoms with E-state index in [9.17, 15) is 13.6 Å². The van der Waals surface area contributed by atoms with Gasteiger partial charge < -0.3 is 25.8 Å². The maximum absolute atomic E-state index is 13.6. The van der Waals surface area contributed by atoms with Gasteiger partial charge >= 0.3 is 0 Å². The Bertz CT molecular complexity index is 918. The van der Waals surface area contributed by atoms with E-state index in [2.05, 4.69) is 10.6 Å². The highest BCUT2D eigenvalue weighted by Crippen LogP contribution is 2.35. The van der Waals surface area contributed by atoms with Crippen molar-refractivity contribution in [1.82, 2.24) is 10.6 Å². The van der Waals surface area contributed by atoms with Gasteiger partial charge in [-0.05, 0) is 56.2 Å². The van der Waals surface area contributed by atoms with Crippen LogP contribution in [0.2, 0.25) is 0 Å². The second-order valence-corrected chi connectivity index (χ2v) is 8.42. The number of amides is 1. The molecule has 1 heterocycles. The van der Waals surface area contributed by atoms with Crippen LogP contribution in [0, 0.1) is 11.6 Å². The van der Waals surface area contributed by atoms with Gasteiger partial charge in [0.15, 0.2) is 0 Å². The number of ether oxygens (including phenoxy) is 2. The SMILES string of the molecule is CC(=O)N[C@@H](Cc1cc(F)cc(F)c1)[C@H](N)CN[C@H]1CCOc2ccc(OC(C)C)cc21. The molecule has 0 aliphatic carbocycles. The van der Waals surface area contributed by atoms with Crippen molar-refractivity contribution in [2.45, 2.75) is 57.8 Å². The molecule has 0 unspecified atom stereocenters. The largest absolute Gasteiger partial charge is 0.493 e. The number of carbonyl (C=O) groups excluding carboxylic acids is 1. The van der Waals surface area contributed by atoms with Crippen LogP contribution in [0.15, 0.2) is 36.4 Å². The number of rotatable bonds is 9. The molecule has 2 aromatic carbocycles. The van der Waals surface area contributed by atoms with E-state index in [0.29, 0.717) is 18.7 Å². The fourth-order valence-electron chi connectivity index (χ4n) is 3.90. The zero-order valence-corrected chi connectivity index (χ0v) is 18.7. The van der Waals surface area contributed by atoms with Gasteiger partial charge in [-0.2, -0.15) is 0 Å². The van der Waals surface area contributed by atoms with Crippen molar-refractivity contribution in [3.63, 3.8) is 0 Å². The Labute approximate surface area is 187 Å². The van der Waals surface area contributed by atoms with E-state index < -0.39 is 23.7 Å². The van der Waals surface area contributed by atoms with Crippen LogP contribution in [-0.4, -0.2) is 37.2 Å². The average Bonchev–Trinajstić information content (AvgIpc) is 2.70. The first-order valence-corrected chi connectivity index (χ1v) is 10.9. The van der Waals surface area contributed by atoms with Gasteiger partial charge in [0.1, 0.15) is 23.1 Å². The standard InChI is InChI=1S/C24H31F2N3O3/c1-14(2)32-19-4-5-24-20(12-19)22(6-7-31-24)28-13-21(27)23(29-15(3)30)10-16-8-17(25)11-18(26)9-16/h4-5,8-9,11-12,14,21-23,28H,6-7,10,13,27H2,1-3H3,(H,29,30)/t21-,22+,23+/m1/s1. The average molecular weight is 448 g/mol. The molecule has 1 aliphatic heterocycles. The monoisotopic (exact) mass is 447 g/mol. The third kappa shape index (κ3) is 6.64. The van der Waals surface area contributed by atoms with Crippen LogP contribution in [-0.2, 0) is 11.2 Å². The lowest BCUT2D eigenvalue weighted by Crippen LogP contribution is -2.53. The minimum Gasteiger partial charge on any atom is -0.493 e. The smallest absolute Gasteiger partial charge is 0.217 e. The first kappa shape index (κ1) is 23.9. The summed E-state index contributed by atoms with van der Waals surface area (Å²) in [7, 11) is 0. The topological polar surface area (TPSA) is 85.6 Å². The Balaban J connectivity index is 1.69. The molecule has 0 fully saturated rings. The van der Waals surface area contributed by atoms with Gasteiger partial charge in [-0.15, -0.1) is 0 Å². The number of halogens is 2. The molecule has 0 spiro atoms. The van der Waals surface area contributed by atoms with Gasteiger partial charge in [-0.1, -0.05) is 0 Å². The Kier molecular flexibility index (Phi) is 8.04. The van der Waals surface area contributed by atoms with Crippen molar-refractivity contribution in [2.24, 2.45) is 5.73 Å². The normalized spacial score (nSPS) is 17.3. The third-order valence-electron chi connectivity index (χ3n) is 5.28. The highest BCUT2D eigenvalue weighted by atomic mass is 19.1. The van der Waals surface area contributed by atoms with Crippen molar-refractivity contribution in [3.05, 3.63) is 59.2 Å². The number of hydrogen-bond acceptors (Lipinski definition) is 5. The minimum atomic E-state index is -0.661. The molecule has 1 aliphatic rings. The van der Waals surface area contributed by atoms with E-state index in [0.717, 1.165) is 29.5 Å². The molecule has 8 heteroatoms. The first-order chi connectivity index (χ1) is 15.2. The molecule has 3 atom stereocenters. The molecule has 0 radical (unpaired) electrons. The van der Waals surface area contributed by atoms with Gasteiger partial charge in [-0.3, -0.25) is 4.79 Å². The molecule has 174 valence electrons. The van der Waals surface area contributed by atoms with Crippen LogP contribution < -0.4 is 25.8 Å². The predicted molar refractivity (Wildman–Crippen MR) is 119 cm³/mol. The zero-order valence-electron chi connectivity index (χ0n) is 18.7. The molecule has 2 aromatic rings. The molecule has 6 nitrogen and oxygen atoms in total. The van der Waals surface area contributed by atoms with E-state index >= 15 is 0 Å². The van der Waals surface area contributed by atoms with E-state index in [1.165, 1.54) is 19.1 Å². The summed E-state index contributed by atoms with van der Waals surface area (Å²) in [4.78, 5) is 11.7. The van der Waals surface area contributed by atoms with Gasteiger partial charge in [-0.25, -0.2) is 8.78 Å². The van der Waals surface area contributed by atoms with Gasteiger partial charge in [0.25, 0.3) is 0 Å². The molecule has 4 N–H and O–H groups in total. The zero-order chi connectivity index (χ0) is 23.3. The third-order valence-corrected chi connectivity index (χ3v) is 5.28. The molecule has 1 amide bonds. The quantitative estimate of drug-likeness (QED) is 0.550. The maximum atomic E-state index is 13.6. The lowest BCUT2D eigenvalue weighted by atomic mass is 9.97. The highest BCUT2D eigenvalue weighted by Gasteiger charge is 2.25. The summed E-state index contributed by atoms with van der Waals surface area (Å²) in [5, 5.41) is 6.27. The Hall–Kier alpha value is -2.71. The maximum Gasteiger partial charge on any atom is 0.217 e. The fraction of sp³-hybridized carbons (Fsp3) is 0.458. The minimum absolute atomic E-state index is 0.00473. The first-order valence-electron chi connectivity index (χ1n) is 10.9. The van der Waals surface area contributed by atoms with E-state index in [1.807, 2.05) is 32.0 Å². The second kappa shape index (κ2) is 10.7. The highest BCUT2D eigenvalue weighted by molar-refractivity contribution is 5.73. The van der Waals surface area contributed by atoms with Crippen molar-refractivity contribution >= 4 is 5.91 Å². The summed E-state index contributed by atoms with van der Waals surface area (Å²) in [6.45, 7) is 6.29. The number of nitrogens with two attached hydrogens (primary N) is 1. The predicted octanol–water partition coefficient (Wildman–Crippen LogP) is 3.24. The molecular formula is C24H31F2N3O3. The second-order valence-electron chi connectivity index (χ2n) is 8.42. The van der Waals surface area contributed by atoms with E-state index in [4.69, 9.17) is 15.2 Å². The Morgan fingerprint density at radius 3 is 2.59 bits per heavy atom. The van der Waals surface area contributed by atoms with Crippen molar-refractivity contribution < 1.29 is 23.0 Å². The van der Waals surface area contributed by atoms with Crippen molar-refractivity contribution in [2.75, 3.05) is 13.2 Å². The molecule has 0 aromatic heterocycles. The van der Waals surface area contributed by atoms with Crippen LogP contribution in [0.5, 0.6) is 11.5 Å². The van der Waals surface area contributed by atoms with Gasteiger partial charge in [0.05, 0.1) is 12.7 Å². The number of hydrogen-bond donors (Lipinski definition) is 3. The van der Waals surface area contributed by atoms with E-state index in [1.54, 1.807) is 0 Å². The van der Waals surface area contributed by atoms with Crippen molar-refractivity contribution in [3.8, 4) is 11.5 Å². The fourth-order valence-corrected chi connectivity index (χ4v) is 3.90. The molecular weight excluding hydrogens is 416 g/mol. The number of carbonyl (C=O) groups is 1. The number of nitrogens with one attached hydrogen (secondary N) is 2. The summed E-state index contributed by atoms with van der Waals surface area (Å²) in [5.74, 6) is -0.0103. The number of fused-ring (bicyclic) bond motifs is 1. The molecule has 3 rings (SSSR count). The summed E-state index contributed by atoms with van der Waals surface area (Å²) >= 11 is 0. The summed E-state index contributed by atoms with van der Waals surface area (Å²) in [6.07, 6.45) is 1.03. The summed E-state index contributed by atoms with van der Waals surface area (Å²) < 4.78 is 38.8.